The van der Waals surface area contributed by atoms with Gasteiger partial charge in [0.05, 0.1) is 17.6 Å². The third-order valence-electron chi connectivity index (χ3n) is 4.83. The molecule has 4 rings (SSSR count). The van der Waals surface area contributed by atoms with Crippen LogP contribution in [-0.4, -0.2) is 31.6 Å². The van der Waals surface area contributed by atoms with Crippen LogP contribution in [0.3, 0.4) is 0 Å². The summed E-state index contributed by atoms with van der Waals surface area (Å²) in [6, 6.07) is 13.5. The van der Waals surface area contributed by atoms with E-state index in [2.05, 4.69) is 25.6 Å². The minimum Gasteiger partial charge on any atom is -0.352 e. The van der Waals surface area contributed by atoms with Crippen molar-refractivity contribution >= 4 is 16.9 Å². The summed E-state index contributed by atoms with van der Waals surface area (Å²) in [7, 11) is 4.01. The van der Waals surface area contributed by atoms with Gasteiger partial charge in [-0.1, -0.05) is 19.1 Å². The third kappa shape index (κ3) is 3.38. The van der Waals surface area contributed by atoms with Crippen LogP contribution in [0, 0.1) is 0 Å². The summed E-state index contributed by atoms with van der Waals surface area (Å²) in [6.45, 7) is 2.61. The summed E-state index contributed by atoms with van der Waals surface area (Å²) < 4.78 is 2.10. The predicted molar refractivity (Wildman–Crippen MR) is 110 cm³/mol. The van der Waals surface area contributed by atoms with Gasteiger partial charge in [0.1, 0.15) is 17.5 Å². The first-order valence-electron chi connectivity index (χ1n) is 9.23. The molecule has 0 amide bonds. The molecule has 7 nitrogen and oxygen atoms in total. The highest BCUT2D eigenvalue weighted by molar-refractivity contribution is 5.75. The van der Waals surface area contributed by atoms with Crippen molar-refractivity contribution < 1.29 is 0 Å². The van der Waals surface area contributed by atoms with Crippen LogP contribution >= 0.6 is 0 Å². The molecule has 1 N–H and O–H groups in total. The minimum atomic E-state index is -0.148. The summed E-state index contributed by atoms with van der Waals surface area (Å²) in [5.74, 6) is 2.34. The highest BCUT2D eigenvalue weighted by Crippen LogP contribution is 2.20. The van der Waals surface area contributed by atoms with Gasteiger partial charge in [0.15, 0.2) is 0 Å². The first-order chi connectivity index (χ1) is 13.5. The summed E-state index contributed by atoms with van der Waals surface area (Å²) in [5.41, 5.74) is 3.50. The fraction of sp³-hybridized carbons (Fsp3) is 0.238. The lowest BCUT2D eigenvalue weighted by Crippen LogP contribution is -2.20. The lowest BCUT2D eigenvalue weighted by molar-refractivity contribution is 0.768. The summed E-state index contributed by atoms with van der Waals surface area (Å²) in [4.78, 5) is 30.4. The Morgan fingerprint density at radius 2 is 1.96 bits per heavy atom. The molecular formula is C21H22N6O. The Morgan fingerprint density at radius 3 is 2.68 bits per heavy atom. The number of imidazole rings is 1. The third-order valence-corrected chi connectivity index (χ3v) is 4.83. The quantitative estimate of drug-likeness (QED) is 0.581. The van der Waals surface area contributed by atoms with E-state index >= 15 is 0 Å². The lowest BCUT2D eigenvalue weighted by Gasteiger charge is -2.18. The van der Waals surface area contributed by atoms with Crippen LogP contribution in [-0.2, 0) is 20.0 Å². The first kappa shape index (κ1) is 17.9. The molecule has 1 aromatic carbocycles. The maximum atomic E-state index is 11.8. The molecule has 0 saturated carbocycles. The molecule has 0 aliphatic rings. The van der Waals surface area contributed by atoms with Gasteiger partial charge in [0.2, 0.25) is 0 Å². The van der Waals surface area contributed by atoms with Gasteiger partial charge in [-0.05, 0) is 30.7 Å². The van der Waals surface area contributed by atoms with Gasteiger partial charge in [0, 0.05) is 37.6 Å². The van der Waals surface area contributed by atoms with Crippen LogP contribution in [0.4, 0.5) is 5.82 Å². The van der Waals surface area contributed by atoms with Crippen molar-refractivity contribution in [2.45, 2.75) is 19.9 Å². The Hall–Kier alpha value is -3.48. The molecular weight excluding hydrogens is 352 g/mol. The van der Waals surface area contributed by atoms with E-state index in [0.717, 1.165) is 33.9 Å². The molecule has 0 unspecified atom stereocenters. The van der Waals surface area contributed by atoms with Crippen LogP contribution in [0.2, 0.25) is 0 Å². The number of pyridine rings is 1. The first-order valence-corrected chi connectivity index (χ1v) is 9.23. The number of fused-ring (bicyclic) bond motifs is 1. The number of nitrogens with one attached hydrogen (secondary N) is 1. The second kappa shape index (κ2) is 7.26. The van der Waals surface area contributed by atoms with E-state index in [-0.39, 0.29) is 5.56 Å². The molecule has 0 bridgehead atoms. The van der Waals surface area contributed by atoms with Crippen molar-refractivity contribution in [3.63, 3.8) is 0 Å². The van der Waals surface area contributed by atoms with Crippen molar-refractivity contribution in [1.82, 2.24) is 24.5 Å². The molecule has 0 aliphatic carbocycles. The minimum absolute atomic E-state index is 0.148. The molecule has 0 atom stereocenters. The topological polar surface area (TPSA) is 79.7 Å². The second-order valence-corrected chi connectivity index (χ2v) is 6.78. The average molecular weight is 374 g/mol. The van der Waals surface area contributed by atoms with Gasteiger partial charge >= 0.3 is 0 Å². The zero-order valence-corrected chi connectivity index (χ0v) is 16.2. The normalized spacial score (nSPS) is 11.1. The number of H-pyrrole nitrogens is 1. The van der Waals surface area contributed by atoms with Crippen LogP contribution in [0.15, 0.2) is 53.5 Å². The van der Waals surface area contributed by atoms with Gasteiger partial charge in [0.25, 0.3) is 5.56 Å². The van der Waals surface area contributed by atoms with Gasteiger partial charge in [-0.15, -0.1) is 0 Å². The number of benzene rings is 1. The second-order valence-electron chi connectivity index (χ2n) is 6.78. The summed E-state index contributed by atoms with van der Waals surface area (Å²) in [5, 5.41) is 0. The van der Waals surface area contributed by atoms with Crippen LogP contribution in [0.1, 0.15) is 18.4 Å². The zero-order chi connectivity index (χ0) is 19.7. The van der Waals surface area contributed by atoms with E-state index in [1.165, 1.54) is 6.07 Å². The monoisotopic (exact) mass is 374 g/mol. The van der Waals surface area contributed by atoms with E-state index in [1.807, 2.05) is 56.3 Å². The summed E-state index contributed by atoms with van der Waals surface area (Å²) in [6.07, 6.45) is 2.45. The molecule has 0 radical (unpaired) electrons. The van der Waals surface area contributed by atoms with E-state index in [9.17, 15) is 4.79 Å². The van der Waals surface area contributed by atoms with E-state index in [4.69, 9.17) is 4.98 Å². The smallest absolute Gasteiger partial charge is 0.251 e. The number of aryl methyl sites for hydroxylation is 2. The Morgan fingerprint density at radius 1 is 1.14 bits per heavy atom. The van der Waals surface area contributed by atoms with E-state index in [0.29, 0.717) is 18.8 Å². The van der Waals surface area contributed by atoms with Crippen molar-refractivity contribution in [2.24, 2.45) is 7.05 Å². The molecule has 7 heteroatoms. The maximum absolute atomic E-state index is 11.8. The fourth-order valence-corrected chi connectivity index (χ4v) is 3.21. The molecule has 0 spiro atoms. The van der Waals surface area contributed by atoms with E-state index < -0.39 is 0 Å². The number of para-hydroxylation sites is 2. The number of hydrogen-bond acceptors (Lipinski definition) is 5. The number of hydrogen-bond donors (Lipinski definition) is 1. The van der Waals surface area contributed by atoms with Gasteiger partial charge in [-0.2, -0.15) is 0 Å². The molecule has 0 aliphatic heterocycles. The Labute approximate surface area is 162 Å². The Bertz CT molecular complexity index is 1180. The van der Waals surface area contributed by atoms with Crippen molar-refractivity contribution in [1.29, 1.82) is 0 Å². The predicted octanol–water partition coefficient (Wildman–Crippen LogP) is 2.92. The molecule has 0 saturated heterocycles. The van der Waals surface area contributed by atoms with Gasteiger partial charge in [-0.3, -0.25) is 4.79 Å². The summed E-state index contributed by atoms with van der Waals surface area (Å²) >= 11 is 0. The molecule has 142 valence electrons. The largest absolute Gasteiger partial charge is 0.352 e. The van der Waals surface area contributed by atoms with E-state index in [1.54, 1.807) is 6.20 Å². The van der Waals surface area contributed by atoms with Crippen molar-refractivity contribution in [2.75, 3.05) is 11.9 Å². The highest BCUT2D eigenvalue weighted by Gasteiger charge is 2.12. The zero-order valence-electron chi connectivity index (χ0n) is 16.2. The number of aromatic nitrogens is 5. The Balaban J connectivity index is 1.57. The number of rotatable bonds is 5. The number of aromatic amines is 1. The average Bonchev–Trinajstić information content (AvgIpc) is 3.03. The van der Waals surface area contributed by atoms with Gasteiger partial charge < -0.3 is 14.5 Å². The lowest BCUT2D eigenvalue weighted by atomic mass is 10.2. The van der Waals surface area contributed by atoms with Crippen LogP contribution in [0.25, 0.3) is 22.4 Å². The molecule has 3 heterocycles. The highest BCUT2D eigenvalue weighted by atomic mass is 16.1. The SMILES string of the molecule is CCc1cc(=O)[nH]c(-c2ccc(N(C)Cc3nc4ccccc4n3C)nc2)n1. The molecule has 4 aromatic rings. The fourth-order valence-electron chi connectivity index (χ4n) is 3.21. The standard InChI is InChI=1S/C21H22N6O/c1-4-15-11-20(28)25-21(23-15)14-9-10-18(22-12-14)26(2)13-19-24-16-7-5-6-8-17(16)27(19)3/h5-12H,4,13H2,1-3H3,(H,23,25,28). The van der Waals surface area contributed by atoms with Gasteiger partial charge in [-0.25, -0.2) is 15.0 Å². The molecule has 28 heavy (non-hydrogen) atoms. The maximum Gasteiger partial charge on any atom is 0.251 e. The van der Waals surface area contributed by atoms with Crippen molar-refractivity contribution in [3.8, 4) is 11.4 Å². The Kier molecular flexibility index (Phi) is 4.65. The molecule has 3 aromatic heterocycles. The number of anilines is 1. The molecule has 0 fully saturated rings. The van der Waals surface area contributed by atoms with Crippen LogP contribution < -0.4 is 10.5 Å². The van der Waals surface area contributed by atoms with Crippen LogP contribution in [0.5, 0.6) is 0 Å². The van der Waals surface area contributed by atoms with Crippen molar-refractivity contribution in [3.05, 3.63) is 70.5 Å². The number of nitrogens with zero attached hydrogens (tertiary/aromatic N) is 5.